The number of aryl methyl sites for hydroxylation is 1. The fraction of sp³-hybridized carbons (Fsp3) is 0.812. The summed E-state index contributed by atoms with van der Waals surface area (Å²) in [6.07, 6.45) is 12.3. The van der Waals surface area contributed by atoms with Crippen LogP contribution >= 0.6 is 0 Å². The molecule has 3 rings (SSSR count). The molecule has 0 N–H and O–H groups in total. The summed E-state index contributed by atoms with van der Waals surface area (Å²) in [5.41, 5.74) is 0. The van der Waals surface area contributed by atoms with E-state index in [-0.39, 0.29) is 0 Å². The molecular weight excluding hydrogens is 248 g/mol. The molecule has 0 aromatic carbocycles. The van der Waals surface area contributed by atoms with Crippen LogP contribution in [0, 0.1) is 0 Å². The van der Waals surface area contributed by atoms with Crippen molar-refractivity contribution in [1.29, 1.82) is 0 Å². The minimum atomic E-state index is 0.902. The van der Waals surface area contributed by atoms with Gasteiger partial charge in [-0.3, -0.25) is 9.58 Å². The highest BCUT2D eigenvalue weighted by Gasteiger charge is 2.24. The molecular formula is C16H28N4. The number of rotatable bonds is 5. The predicted octanol–water partition coefficient (Wildman–Crippen LogP) is 2.22. The summed E-state index contributed by atoms with van der Waals surface area (Å²) >= 11 is 0. The van der Waals surface area contributed by atoms with Gasteiger partial charge in [-0.1, -0.05) is 12.8 Å². The summed E-state index contributed by atoms with van der Waals surface area (Å²) in [6.45, 7) is 7.42. The molecule has 112 valence electrons. The normalized spacial score (nSPS) is 23.2. The monoisotopic (exact) mass is 276 g/mol. The van der Waals surface area contributed by atoms with E-state index in [0.717, 1.165) is 12.6 Å². The number of hydrogen-bond donors (Lipinski definition) is 0. The summed E-state index contributed by atoms with van der Waals surface area (Å²) in [6, 6.07) is 2.91. The number of aromatic nitrogens is 2. The van der Waals surface area contributed by atoms with Gasteiger partial charge in [-0.15, -0.1) is 0 Å². The number of nitrogens with zero attached hydrogens (tertiary/aromatic N) is 4. The Morgan fingerprint density at radius 1 is 0.950 bits per heavy atom. The van der Waals surface area contributed by atoms with E-state index in [1.165, 1.54) is 71.2 Å². The van der Waals surface area contributed by atoms with Crippen LogP contribution in [0.5, 0.6) is 0 Å². The van der Waals surface area contributed by atoms with Crippen LogP contribution < -0.4 is 0 Å². The summed E-state index contributed by atoms with van der Waals surface area (Å²) in [7, 11) is 0. The summed E-state index contributed by atoms with van der Waals surface area (Å²) in [4.78, 5) is 5.42. The fourth-order valence-electron chi connectivity index (χ4n) is 3.74. The highest BCUT2D eigenvalue weighted by atomic mass is 15.3. The average molecular weight is 276 g/mol. The molecule has 2 fully saturated rings. The second-order valence-corrected chi connectivity index (χ2v) is 6.29. The van der Waals surface area contributed by atoms with E-state index in [1.54, 1.807) is 0 Å². The Kier molecular flexibility index (Phi) is 5.09. The lowest BCUT2D eigenvalue weighted by Crippen LogP contribution is -2.37. The van der Waals surface area contributed by atoms with Crippen molar-refractivity contribution < 1.29 is 0 Å². The zero-order valence-corrected chi connectivity index (χ0v) is 12.6. The molecule has 0 spiro atoms. The first kappa shape index (κ1) is 14.1. The Bertz CT molecular complexity index is 370. The highest BCUT2D eigenvalue weighted by molar-refractivity contribution is 4.81. The van der Waals surface area contributed by atoms with E-state index in [2.05, 4.69) is 21.1 Å². The van der Waals surface area contributed by atoms with Crippen LogP contribution in [0.1, 0.15) is 38.5 Å². The van der Waals surface area contributed by atoms with Crippen molar-refractivity contribution >= 4 is 0 Å². The third-order valence-corrected chi connectivity index (χ3v) is 4.88. The van der Waals surface area contributed by atoms with Crippen molar-refractivity contribution in [2.45, 2.75) is 51.1 Å². The predicted molar refractivity (Wildman–Crippen MR) is 81.7 cm³/mol. The van der Waals surface area contributed by atoms with Crippen LogP contribution in [-0.2, 0) is 6.54 Å². The molecule has 1 aliphatic heterocycles. The van der Waals surface area contributed by atoms with Gasteiger partial charge >= 0.3 is 0 Å². The Morgan fingerprint density at radius 2 is 1.85 bits per heavy atom. The molecule has 20 heavy (non-hydrogen) atoms. The first-order valence-electron chi connectivity index (χ1n) is 8.36. The van der Waals surface area contributed by atoms with Gasteiger partial charge in [0.2, 0.25) is 0 Å². The quantitative estimate of drug-likeness (QED) is 0.824. The molecule has 4 heteroatoms. The standard InChI is InChI=1S/C16H28N4/c1-2-7-16(6-1)19-11-4-9-18(14-15-19)10-5-13-20-12-3-8-17-20/h3,8,12,16H,1-2,4-7,9-11,13-15H2. The zero-order chi connectivity index (χ0) is 13.6. The van der Waals surface area contributed by atoms with Crippen LogP contribution in [0.2, 0.25) is 0 Å². The van der Waals surface area contributed by atoms with Gasteiger partial charge in [-0.25, -0.2) is 0 Å². The molecule has 1 saturated carbocycles. The fourth-order valence-corrected chi connectivity index (χ4v) is 3.74. The first-order chi connectivity index (χ1) is 9.92. The van der Waals surface area contributed by atoms with E-state index < -0.39 is 0 Å². The SMILES string of the molecule is c1cnn(CCCN2CCCN(C3CCCC3)CC2)c1. The van der Waals surface area contributed by atoms with Gasteiger partial charge in [-0.2, -0.15) is 5.10 Å². The Hall–Kier alpha value is -0.870. The maximum atomic E-state index is 4.27. The summed E-state index contributed by atoms with van der Waals surface area (Å²) in [5, 5.41) is 4.27. The number of hydrogen-bond acceptors (Lipinski definition) is 3. The van der Waals surface area contributed by atoms with Crippen molar-refractivity contribution in [2.24, 2.45) is 0 Å². The topological polar surface area (TPSA) is 24.3 Å². The average Bonchev–Trinajstić information content (AvgIpc) is 3.11. The Labute approximate surface area is 122 Å². The van der Waals surface area contributed by atoms with Crippen molar-refractivity contribution in [1.82, 2.24) is 19.6 Å². The van der Waals surface area contributed by atoms with Crippen LogP contribution in [0.4, 0.5) is 0 Å². The van der Waals surface area contributed by atoms with E-state index in [9.17, 15) is 0 Å². The van der Waals surface area contributed by atoms with Crippen molar-refractivity contribution in [3.63, 3.8) is 0 Å². The smallest absolute Gasteiger partial charge is 0.0489 e. The lowest BCUT2D eigenvalue weighted by atomic mass is 10.2. The van der Waals surface area contributed by atoms with Gasteiger partial charge in [0.1, 0.15) is 0 Å². The second kappa shape index (κ2) is 7.23. The molecule has 2 heterocycles. The molecule has 1 aromatic heterocycles. The first-order valence-corrected chi connectivity index (χ1v) is 8.36. The Morgan fingerprint density at radius 3 is 2.65 bits per heavy atom. The van der Waals surface area contributed by atoms with E-state index in [0.29, 0.717) is 0 Å². The van der Waals surface area contributed by atoms with E-state index in [1.807, 2.05) is 16.9 Å². The lowest BCUT2D eigenvalue weighted by molar-refractivity contribution is 0.198. The largest absolute Gasteiger partial charge is 0.302 e. The van der Waals surface area contributed by atoms with Crippen LogP contribution in [0.3, 0.4) is 0 Å². The lowest BCUT2D eigenvalue weighted by Gasteiger charge is -2.27. The molecule has 0 bridgehead atoms. The second-order valence-electron chi connectivity index (χ2n) is 6.29. The van der Waals surface area contributed by atoms with Gasteiger partial charge < -0.3 is 4.90 Å². The molecule has 0 radical (unpaired) electrons. The van der Waals surface area contributed by atoms with Gasteiger partial charge in [0.05, 0.1) is 0 Å². The van der Waals surface area contributed by atoms with Crippen LogP contribution in [0.25, 0.3) is 0 Å². The van der Waals surface area contributed by atoms with Gasteiger partial charge in [-0.05, 0) is 51.4 Å². The maximum absolute atomic E-state index is 4.27. The van der Waals surface area contributed by atoms with E-state index in [4.69, 9.17) is 0 Å². The molecule has 2 aliphatic rings. The van der Waals surface area contributed by atoms with Crippen LogP contribution in [0.15, 0.2) is 18.5 Å². The van der Waals surface area contributed by atoms with Gasteiger partial charge in [0, 0.05) is 38.1 Å². The van der Waals surface area contributed by atoms with E-state index >= 15 is 0 Å². The van der Waals surface area contributed by atoms with Gasteiger partial charge in [0.25, 0.3) is 0 Å². The zero-order valence-electron chi connectivity index (χ0n) is 12.6. The van der Waals surface area contributed by atoms with Crippen molar-refractivity contribution in [2.75, 3.05) is 32.7 Å². The molecule has 1 aliphatic carbocycles. The minimum Gasteiger partial charge on any atom is -0.302 e. The third-order valence-electron chi connectivity index (χ3n) is 4.88. The maximum Gasteiger partial charge on any atom is 0.0489 e. The molecule has 0 atom stereocenters. The third kappa shape index (κ3) is 3.83. The molecule has 1 aromatic rings. The summed E-state index contributed by atoms with van der Waals surface area (Å²) in [5.74, 6) is 0. The van der Waals surface area contributed by atoms with Crippen molar-refractivity contribution in [3.05, 3.63) is 18.5 Å². The highest BCUT2D eigenvalue weighted by Crippen LogP contribution is 2.24. The Balaban J connectivity index is 1.38. The molecule has 1 saturated heterocycles. The van der Waals surface area contributed by atoms with Crippen molar-refractivity contribution in [3.8, 4) is 0 Å². The molecule has 0 unspecified atom stereocenters. The van der Waals surface area contributed by atoms with Crippen LogP contribution in [-0.4, -0.2) is 58.3 Å². The summed E-state index contributed by atoms with van der Waals surface area (Å²) < 4.78 is 2.04. The minimum absolute atomic E-state index is 0.902. The molecule has 0 amide bonds. The molecule has 4 nitrogen and oxygen atoms in total. The van der Waals surface area contributed by atoms with Gasteiger partial charge in [0.15, 0.2) is 0 Å².